The molecule has 0 saturated carbocycles. The second-order valence-electron chi connectivity index (χ2n) is 6.48. The maximum absolute atomic E-state index is 11.7. The minimum Gasteiger partial charge on any atom is -0.504 e. The number of benzene rings is 1. The van der Waals surface area contributed by atoms with Crippen LogP contribution in [0.15, 0.2) is 12.1 Å². The van der Waals surface area contributed by atoms with Crippen molar-refractivity contribution < 1.29 is 24.4 Å². The summed E-state index contributed by atoms with van der Waals surface area (Å²) in [6.07, 6.45) is 1.30. The molecule has 4 atom stereocenters. The van der Waals surface area contributed by atoms with Crippen LogP contribution in [0.5, 0.6) is 11.5 Å². The SMILES string of the molecule is CCC1OC(OOc2c(C)cc(C(=O)NC)cc2O)CC(C)C1C. The minimum atomic E-state index is -0.474. The van der Waals surface area contributed by atoms with Gasteiger partial charge in [-0.25, -0.2) is 0 Å². The highest BCUT2D eigenvalue weighted by atomic mass is 17.2. The summed E-state index contributed by atoms with van der Waals surface area (Å²) >= 11 is 0. The summed E-state index contributed by atoms with van der Waals surface area (Å²) in [6, 6.07) is 2.99. The predicted octanol–water partition coefficient (Wildman–Crippen LogP) is 3.17. The first-order chi connectivity index (χ1) is 11.4. The molecule has 6 heteroatoms. The van der Waals surface area contributed by atoms with E-state index in [-0.39, 0.29) is 23.5 Å². The Kier molecular flexibility index (Phi) is 6.07. The molecule has 1 saturated heterocycles. The largest absolute Gasteiger partial charge is 0.504 e. The standard InChI is InChI=1S/C18H27NO5/c1-6-15-12(4)10(2)8-16(22-15)23-24-17-11(3)7-13(9-14(17)20)18(21)19-5/h7,9-10,12,15-16,20H,6,8H2,1-5H3,(H,19,21). The van der Waals surface area contributed by atoms with Crippen molar-refractivity contribution in [3.8, 4) is 11.5 Å². The van der Waals surface area contributed by atoms with E-state index in [0.717, 1.165) is 12.8 Å². The number of rotatable bonds is 5. The first-order valence-corrected chi connectivity index (χ1v) is 8.41. The second-order valence-corrected chi connectivity index (χ2v) is 6.48. The van der Waals surface area contributed by atoms with Crippen molar-refractivity contribution in [3.05, 3.63) is 23.3 Å². The fourth-order valence-corrected chi connectivity index (χ4v) is 3.03. The van der Waals surface area contributed by atoms with Gasteiger partial charge >= 0.3 is 0 Å². The molecule has 6 nitrogen and oxygen atoms in total. The number of phenols is 1. The number of hydrogen-bond donors (Lipinski definition) is 2. The van der Waals surface area contributed by atoms with E-state index in [2.05, 4.69) is 26.1 Å². The van der Waals surface area contributed by atoms with Crippen LogP contribution in [-0.2, 0) is 9.62 Å². The highest BCUT2D eigenvalue weighted by Crippen LogP contribution is 2.35. The maximum Gasteiger partial charge on any atom is 0.251 e. The number of carbonyl (C=O) groups is 1. The molecule has 1 aromatic rings. The molecular formula is C18H27NO5. The number of nitrogens with one attached hydrogen (secondary N) is 1. The molecule has 0 spiro atoms. The minimum absolute atomic E-state index is 0.132. The molecule has 1 fully saturated rings. The topological polar surface area (TPSA) is 77.0 Å². The van der Waals surface area contributed by atoms with E-state index in [9.17, 15) is 9.90 Å². The van der Waals surface area contributed by atoms with Gasteiger partial charge in [-0.3, -0.25) is 4.79 Å². The summed E-state index contributed by atoms with van der Waals surface area (Å²) in [7, 11) is 1.54. The average Bonchev–Trinajstić information content (AvgIpc) is 2.55. The first kappa shape index (κ1) is 18.5. The van der Waals surface area contributed by atoms with E-state index < -0.39 is 6.29 Å². The fourth-order valence-electron chi connectivity index (χ4n) is 3.03. The highest BCUT2D eigenvalue weighted by Gasteiger charge is 2.34. The van der Waals surface area contributed by atoms with Crippen molar-refractivity contribution in [2.24, 2.45) is 11.8 Å². The van der Waals surface area contributed by atoms with Crippen molar-refractivity contribution in [2.45, 2.75) is 52.9 Å². The van der Waals surface area contributed by atoms with Gasteiger partial charge in [0, 0.05) is 19.0 Å². The summed E-state index contributed by atoms with van der Waals surface area (Å²) in [5, 5.41) is 12.6. The third-order valence-electron chi connectivity index (χ3n) is 4.76. The van der Waals surface area contributed by atoms with E-state index >= 15 is 0 Å². The number of aryl methyl sites for hydroxylation is 1. The van der Waals surface area contributed by atoms with Gasteiger partial charge in [0.1, 0.15) is 0 Å². The summed E-state index contributed by atoms with van der Waals surface area (Å²) in [6.45, 7) is 8.19. The quantitative estimate of drug-likeness (QED) is 0.637. The zero-order valence-electron chi connectivity index (χ0n) is 15.0. The van der Waals surface area contributed by atoms with E-state index in [1.165, 1.54) is 13.1 Å². The third kappa shape index (κ3) is 3.99. The van der Waals surface area contributed by atoms with Gasteiger partial charge in [0.05, 0.1) is 6.10 Å². The van der Waals surface area contributed by atoms with E-state index in [1.54, 1.807) is 13.0 Å². The lowest BCUT2D eigenvalue weighted by Gasteiger charge is -2.37. The van der Waals surface area contributed by atoms with Gasteiger partial charge in [-0.2, -0.15) is 4.89 Å². The molecule has 1 aromatic carbocycles. The Morgan fingerprint density at radius 1 is 1.42 bits per heavy atom. The van der Waals surface area contributed by atoms with Crippen LogP contribution in [0.3, 0.4) is 0 Å². The molecular weight excluding hydrogens is 310 g/mol. The molecule has 0 bridgehead atoms. The van der Waals surface area contributed by atoms with Crippen LogP contribution in [0, 0.1) is 18.8 Å². The number of amides is 1. The number of carbonyl (C=O) groups excluding carboxylic acids is 1. The van der Waals surface area contributed by atoms with E-state index in [4.69, 9.17) is 14.5 Å². The van der Waals surface area contributed by atoms with Crippen molar-refractivity contribution >= 4 is 5.91 Å². The molecule has 2 rings (SSSR count). The van der Waals surface area contributed by atoms with E-state index in [1.807, 2.05) is 0 Å². The smallest absolute Gasteiger partial charge is 0.251 e. The second kappa shape index (κ2) is 7.85. The van der Waals surface area contributed by atoms with Gasteiger partial charge in [0.25, 0.3) is 5.91 Å². The third-order valence-corrected chi connectivity index (χ3v) is 4.76. The van der Waals surface area contributed by atoms with Crippen molar-refractivity contribution in [1.29, 1.82) is 0 Å². The Morgan fingerprint density at radius 2 is 2.12 bits per heavy atom. The van der Waals surface area contributed by atoms with Crippen LogP contribution in [0.25, 0.3) is 0 Å². The molecule has 1 heterocycles. The van der Waals surface area contributed by atoms with Gasteiger partial charge in [-0.1, -0.05) is 20.8 Å². The lowest BCUT2D eigenvalue weighted by molar-refractivity contribution is -0.349. The molecule has 24 heavy (non-hydrogen) atoms. The van der Waals surface area contributed by atoms with Gasteiger partial charge in [-0.05, 0) is 42.9 Å². The van der Waals surface area contributed by atoms with Crippen molar-refractivity contribution in [2.75, 3.05) is 7.05 Å². The first-order valence-electron chi connectivity index (χ1n) is 8.41. The van der Waals surface area contributed by atoms with Crippen LogP contribution in [-0.4, -0.2) is 30.5 Å². The maximum atomic E-state index is 11.7. The molecule has 1 aliphatic heterocycles. The normalized spacial score (nSPS) is 26.9. The Morgan fingerprint density at radius 3 is 2.71 bits per heavy atom. The van der Waals surface area contributed by atoms with Crippen LogP contribution >= 0.6 is 0 Å². The van der Waals surface area contributed by atoms with E-state index in [0.29, 0.717) is 23.0 Å². The number of aromatic hydroxyl groups is 1. The molecule has 1 amide bonds. The fraction of sp³-hybridized carbons (Fsp3) is 0.611. The Balaban J connectivity index is 2.05. The van der Waals surface area contributed by atoms with Crippen LogP contribution in [0.2, 0.25) is 0 Å². The zero-order valence-corrected chi connectivity index (χ0v) is 15.0. The average molecular weight is 337 g/mol. The summed E-state index contributed by atoms with van der Waals surface area (Å²) in [4.78, 5) is 22.4. The number of phenolic OH excluding ortho intramolecular Hbond substituents is 1. The number of ether oxygens (including phenoxy) is 1. The van der Waals surface area contributed by atoms with Gasteiger partial charge in [0.2, 0.25) is 12.0 Å². The van der Waals surface area contributed by atoms with Gasteiger partial charge in [-0.15, -0.1) is 0 Å². The molecule has 0 aliphatic carbocycles. The zero-order chi connectivity index (χ0) is 17.9. The predicted molar refractivity (Wildman–Crippen MR) is 89.8 cm³/mol. The molecule has 134 valence electrons. The Bertz CT molecular complexity index is 566. The monoisotopic (exact) mass is 337 g/mol. The molecule has 0 radical (unpaired) electrons. The summed E-state index contributed by atoms with van der Waals surface area (Å²) in [5.41, 5.74) is 0.972. The summed E-state index contributed by atoms with van der Waals surface area (Å²) < 4.78 is 5.91. The number of hydrogen-bond acceptors (Lipinski definition) is 5. The van der Waals surface area contributed by atoms with Gasteiger partial charge < -0.3 is 20.0 Å². The molecule has 1 aliphatic rings. The van der Waals surface area contributed by atoms with Crippen LogP contribution in [0.1, 0.15) is 49.5 Å². The van der Waals surface area contributed by atoms with Crippen LogP contribution < -0.4 is 10.2 Å². The van der Waals surface area contributed by atoms with Crippen molar-refractivity contribution in [1.82, 2.24) is 5.32 Å². The van der Waals surface area contributed by atoms with Crippen LogP contribution in [0.4, 0.5) is 0 Å². The highest BCUT2D eigenvalue weighted by molar-refractivity contribution is 5.95. The summed E-state index contributed by atoms with van der Waals surface area (Å²) in [5.74, 6) is 0.716. The lowest BCUT2D eigenvalue weighted by atomic mass is 9.84. The van der Waals surface area contributed by atoms with Gasteiger partial charge in [0.15, 0.2) is 5.75 Å². The van der Waals surface area contributed by atoms with Crippen molar-refractivity contribution in [3.63, 3.8) is 0 Å². The lowest BCUT2D eigenvalue weighted by Crippen LogP contribution is -2.40. The Hall–Kier alpha value is -1.79. The molecule has 2 N–H and O–H groups in total. The Labute approximate surface area is 143 Å². The molecule has 4 unspecified atom stereocenters. The molecule has 0 aromatic heterocycles.